The summed E-state index contributed by atoms with van der Waals surface area (Å²) in [6, 6.07) is 12.6. The van der Waals surface area contributed by atoms with Crippen LogP contribution < -0.4 is 5.32 Å². The summed E-state index contributed by atoms with van der Waals surface area (Å²) in [6.07, 6.45) is 0. The van der Waals surface area contributed by atoms with Crippen LogP contribution in [0.4, 0.5) is 10.1 Å². The molecule has 0 unspecified atom stereocenters. The Balaban J connectivity index is 1.43. The van der Waals surface area contributed by atoms with Crippen LogP contribution in [0.3, 0.4) is 0 Å². The minimum absolute atomic E-state index is 0.0264. The number of para-hydroxylation sites is 1. The highest BCUT2D eigenvalue weighted by Gasteiger charge is 2.23. The van der Waals surface area contributed by atoms with Gasteiger partial charge in [0.2, 0.25) is 11.8 Å². The van der Waals surface area contributed by atoms with Crippen LogP contribution in [-0.4, -0.2) is 72.8 Å². The van der Waals surface area contributed by atoms with E-state index < -0.39 is 0 Å². The molecule has 1 saturated heterocycles. The molecule has 3 rings (SSSR count). The van der Waals surface area contributed by atoms with Gasteiger partial charge in [-0.3, -0.25) is 19.4 Å². The number of likely N-dealkylation sites (N-methyl/N-ethyl adjacent to an activating group) is 1. The van der Waals surface area contributed by atoms with E-state index in [0.29, 0.717) is 44.8 Å². The Morgan fingerprint density at radius 3 is 2.29 bits per heavy atom. The largest absolute Gasteiger partial charge is 0.339 e. The zero-order chi connectivity index (χ0) is 22.4. The molecular formula is C24H31FN4O2. The number of anilines is 1. The number of carbonyl (C=O) groups excluding carboxylic acids is 2. The standard InChI is InChI=1S/C24H31FN4O2/c1-18-7-6-8-19(2)24(18)26-22(30)16-28-11-13-29(14-12-28)23(31)17-27(3)15-20-9-4-5-10-21(20)25/h4-10H,11-17H2,1-3H3,(H,26,30). The third-order valence-electron chi connectivity index (χ3n) is 5.64. The van der Waals surface area contributed by atoms with E-state index in [9.17, 15) is 14.0 Å². The third-order valence-corrected chi connectivity index (χ3v) is 5.64. The maximum atomic E-state index is 13.8. The van der Waals surface area contributed by atoms with Gasteiger partial charge in [-0.1, -0.05) is 36.4 Å². The van der Waals surface area contributed by atoms with E-state index in [1.54, 1.807) is 18.2 Å². The zero-order valence-corrected chi connectivity index (χ0v) is 18.5. The summed E-state index contributed by atoms with van der Waals surface area (Å²) in [6.45, 7) is 7.38. The lowest BCUT2D eigenvalue weighted by Gasteiger charge is -2.35. The van der Waals surface area contributed by atoms with Gasteiger partial charge >= 0.3 is 0 Å². The van der Waals surface area contributed by atoms with E-state index in [1.807, 2.05) is 48.9 Å². The van der Waals surface area contributed by atoms with Gasteiger partial charge in [-0.25, -0.2) is 4.39 Å². The van der Waals surface area contributed by atoms with Gasteiger partial charge < -0.3 is 10.2 Å². The number of nitrogens with one attached hydrogen (secondary N) is 1. The molecule has 2 amide bonds. The van der Waals surface area contributed by atoms with Gasteiger partial charge in [0, 0.05) is 44.0 Å². The average molecular weight is 427 g/mol. The van der Waals surface area contributed by atoms with Crippen LogP contribution in [0.5, 0.6) is 0 Å². The number of piperazine rings is 1. The zero-order valence-electron chi connectivity index (χ0n) is 18.5. The molecule has 1 aliphatic rings. The highest BCUT2D eigenvalue weighted by atomic mass is 19.1. The van der Waals surface area contributed by atoms with Gasteiger partial charge in [0.15, 0.2) is 0 Å². The molecule has 7 heteroatoms. The molecule has 0 spiro atoms. The molecule has 1 fully saturated rings. The molecular weight excluding hydrogens is 395 g/mol. The fourth-order valence-corrected chi connectivity index (χ4v) is 3.85. The maximum absolute atomic E-state index is 13.8. The van der Waals surface area contributed by atoms with E-state index in [0.717, 1.165) is 16.8 Å². The number of amides is 2. The van der Waals surface area contributed by atoms with Crippen LogP contribution in [0, 0.1) is 19.7 Å². The number of aryl methyl sites for hydroxylation is 2. The molecule has 2 aromatic carbocycles. The predicted molar refractivity (Wildman–Crippen MR) is 120 cm³/mol. The number of nitrogens with zero attached hydrogens (tertiary/aromatic N) is 3. The van der Waals surface area contributed by atoms with E-state index in [2.05, 4.69) is 10.2 Å². The summed E-state index contributed by atoms with van der Waals surface area (Å²) in [7, 11) is 1.82. The average Bonchev–Trinajstić information content (AvgIpc) is 2.73. The molecule has 1 aliphatic heterocycles. The Hall–Kier alpha value is -2.77. The molecule has 2 aromatic rings. The van der Waals surface area contributed by atoms with Crippen molar-refractivity contribution in [3.63, 3.8) is 0 Å². The molecule has 0 bridgehead atoms. The monoisotopic (exact) mass is 426 g/mol. The summed E-state index contributed by atoms with van der Waals surface area (Å²) < 4.78 is 13.8. The number of hydrogen-bond acceptors (Lipinski definition) is 4. The second-order valence-corrected chi connectivity index (χ2v) is 8.24. The lowest BCUT2D eigenvalue weighted by Crippen LogP contribution is -2.52. The van der Waals surface area contributed by atoms with Crippen molar-refractivity contribution >= 4 is 17.5 Å². The fraction of sp³-hybridized carbons (Fsp3) is 0.417. The van der Waals surface area contributed by atoms with Crippen molar-refractivity contribution in [1.82, 2.24) is 14.7 Å². The number of rotatable bonds is 7. The number of halogens is 1. The molecule has 0 aromatic heterocycles. The lowest BCUT2D eigenvalue weighted by molar-refractivity contribution is -0.134. The second kappa shape index (κ2) is 10.5. The van der Waals surface area contributed by atoms with Crippen LogP contribution >= 0.6 is 0 Å². The van der Waals surface area contributed by atoms with E-state index in [4.69, 9.17) is 0 Å². The first-order valence-electron chi connectivity index (χ1n) is 10.6. The quantitative estimate of drug-likeness (QED) is 0.740. The first-order chi connectivity index (χ1) is 14.8. The molecule has 1 N–H and O–H groups in total. The Labute approximate surface area is 183 Å². The highest BCUT2D eigenvalue weighted by molar-refractivity contribution is 5.93. The number of benzene rings is 2. The smallest absolute Gasteiger partial charge is 0.238 e. The molecule has 0 radical (unpaired) electrons. The molecule has 0 atom stereocenters. The van der Waals surface area contributed by atoms with Gasteiger partial charge in [-0.15, -0.1) is 0 Å². The SMILES string of the molecule is Cc1cccc(C)c1NC(=O)CN1CCN(C(=O)CN(C)Cc2ccccc2F)CC1. The summed E-state index contributed by atoms with van der Waals surface area (Å²) >= 11 is 0. The molecule has 166 valence electrons. The first-order valence-corrected chi connectivity index (χ1v) is 10.6. The van der Waals surface area contributed by atoms with Crippen LogP contribution in [0.1, 0.15) is 16.7 Å². The number of carbonyl (C=O) groups is 2. The minimum Gasteiger partial charge on any atom is -0.339 e. The van der Waals surface area contributed by atoms with Crippen molar-refractivity contribution in [3.05, 3.63) is 65.0 Å². The van der Waals surface area contributed by atoms with Gasteiger partial charge in [0.05, 0.1) is 13.1 Å². The Kier molecular flexibility index (Phi) is 7.76. The van der Waals surface area contributed by atoms with Crippen molar-refractivity contribution in [2.75, 3.05) is 51.6 Å². The van der Waals surface area contributed by atoms with Gasteiger partial charge in [0.1, 0.15) is 5.82 Å². The van der Waals surface area contributed by atoms with Crippen molar-refractivity contribution in [1.29, 1.82) is 0 Å². The van der Waals surface area contributed by atoms with Crippen LogP contribution in [0.25, 0.3) is 0 Å². The molecule has 0 saturated carbocycles. The normalized spacial score (nSPS) is 14.7. The third kappa shape index (κ3) is 6.35. The van der Waals surface area contributed by atoms with E-state index >= 15 is 0 Å². The second-order valence-electron chi connectivity index (χ2n) is 8.24. The Morgan fingerprint density at radius 1 is 1.00 bits per heavy atom. The number of hydrogen-bond donors (Lipinski definition) is 1. The highest BCUT2D eigenvalue weighted by Crippen LogP contribution is 2.19. The van der Waals surface area contributed by atoms with E-state index in [-0.39, 0.29) is 24.2 Å². The summed E-state index contributed by atoms with van der Waals surface area (Å²) in [5.74, 6) is -0.269. The van der Waals surface area contributed by atoms with E-state index in [1.165, 1.54) is 6.07 Å². The van der Waals surface area contributed by atoms with Crippen molar-refractivity contribution in [2.24, 2.45) is 0 Å². The fourth-order valence-electron chi connectivity index (χ4n) is 3.85. The summed E-state index contributed by atoms with van der Waals surface area (Å²) in [5.41, 5.74) is 3.54. The Morgan fingerprint density at radius 2 is 1.65 bits per heavy atom. The lowest BCUT2D eigenvalue weighted by atomic mass is 10.1. The molecule has 31 heavy (non-hydrogen) atoms. The van der Waals surface area contributed by atoms with Crippen molar-refractivity contribution in [3.8, 4) is 0 Å². The van der Waals surface area contributed by atoms with Gasteiger partial charge in [-0.05, 0) is 38.1 Å². The van der Waals surface area contributed by atoms with Gasteiger partial charge in [0.25, 0.3) is 0 Å². The van der Waals surface area contributed by atoms with Crippen LogP contribution in [0.2, 0.25) is 0 Å². The van der Waals surface area contributed by atoms with Crippen LogP contribution in [0.15, 0.2) is 42.5 Å². The van der Waals surface area contributed by atoms with Crippen molar-refractivity contribution < 1.29 is 14.0 Å². The van der Waals surface area contributed by atoms with Crippen LogP contribution in [-0.2, 0) is 16.1 Å². The maximum Gasteiger partial charge on any atom is 0.238 e. The van der Waals surface area contributed by atoms with Crippen molar-refractivity contribution in [2.45, 2.75) is 20.4 Å². The molecule has 0 aliphatic carbocycles. The Bertz CT molecular complexity index is 905. The first kappa shape index (κ1) is 22.9. The minimum atomic E-state index is -0.255. The molecule has 1 heterocycles. The molecule has 6 nitrogen and oxygen atoms in total. The summed E-state index contributed by atoms with van der Waals surface area (Å²) in [4.78, 5) is 30.8. The topological polar surface area (TPSA) is 55.9 Å². The summed E-state index contributed by atoms with van der Waals surface area (Å²) in [5, 5.41) is 3.02. The van der Waals surface area contributed by atoms with Gasteiger partial charge in [-0.2, -0.15) is 0 Å². The predicted octanol–water partition coefficient (Wildman–Crippen LogP) is 2.66.